The lowest BCUT2D eigenvalue weighted by Gasteiger charge is -2.44. The molecule has 39 heavy (non-hydrogen) atoms. The van der Waals surface area contributed by atoms with E-state index < -0.39 is 53.8 Å². The van der Waals surface area contributed by atoms with E-state index in [0.717, 1.165) is 28.0 Å². The van der Waals surface area contributed by atoms with Gasteiger partial charge < -0.3 is 20.5 Å². The Morgan fingerprint density at radius 1 is 1.00 bits per heavy atom. The predicted octanol–water partition coefficient (Wildman–Crippen LogP) is 5.04. The number of ether oxygens (including phenoxy) is 1. The van der Waals surface area contributed by atoms with Crippen molar-refractivity contribution in [3.63, 3.8) is 0 Å². The summed E-state index contributed by atoms with van der Waals surface area (Å²) in [5.74, 6) is -3.00. The van der Waals surface area contributed by atoms with Crippen molar-refractivity contribution in [2.75, 3.05) is 13.7 Å². The Labute approximate surface area is 221 Å². The second kappa shape index (κ2) is 11.0. The standard InChI is InChI=1S/C28H26F5N3O3/c1-16-24(18-10-6-13-23(39-2)25(18)30)26(37)36(15-22(34)17-8-4-3-5-9-17)27(38)35(16)14-19-20(28(31,32)33)11-7-12-21(19)29/h3-13,22,27,38H,14-15,34H2,1-2H3/t22-,27?/m0/s1. The van der Waals surface area contributed by atoms with Gasteiger partial charge in [-0.3, -0.25) is 9.69 Å². The maximum atomic E-state index is 15.3. The van der Waals surface area contributed by atoms with E-state index in [9.17, 15) is 27.5 Å². The number of methoxy groups -OCH3 is 1. The van der Waals surface area contributed by atoms with E-state index in [1.165, 1.54) is 32.2 Å². The lowest BCUT2D eigenvalue weighted by Crippen LogP contribution is -2.56. The zero-order valence-electron chi connectivity index (χ0n) is 21.0. The van der Waals surface area contributed by atoms with Crippen molar-refractivity contribution < 1.29 is 36.6 Å². The first kappa shape index (κ1) is 28.1. The third-order valence-corrected chi connectivity index (χ3v) is 6.65. The Bertz CT molecular complexity index is 1390. The minimum Gasteiger partial charge on any atom is -0.494 e. The van der Waals surface area contributed by atoms with Crippen LogP contribution >= 0.6 is 0 Å². The molecule has 0 fully saturated rings. The number of rotatable bonds is 7. The van der Waals surface area contributed by atoms with Gasteiger partial charge in [-0.1, -0.05) is 48.5 Å². The number of allylic oxidation sites excluding steroid dienone is 1. The highest BCUT2D eigenvalue weighted by Gasteiger charge is 2.41. The Morgan fingerprint density at radius 2 is 1.67 bits per heavy atom. The highest BCUT2D eigenvalue weighted by Crippen LogP contribution is 2.38. The second-order valence-electron chi connectivity index (χ2n) is 8.99. The monoisotopic (exact) mass is 547 g/mol. The summed E-state index contributed by atoms with van der Waals surface area (Å²) in [6, 6.07) is 14.5. The normalized spacial score (nSPS) is 17.1. The summed E-state index contributed by atoms with van der Waals surface area (Å²) in [7, 11) is 1.24. The Kier molecular flexibility index (Phi) is 7.94. The van der Waals surface area contributed by atoms with Gasteiger partial charge in [-0.25, -0.2) is 8.78 Å². The first-order chi connectivity index (χ1) is 18.5. The molecule has 0 saturated heterocycles. The van der Waals surface area contributed by atoms with Crippen LogP contribution in [0.4, 0.5) is 22.0 Å². The van der Waals surface area contributed by atoms with E-state index in [2.05, 4.69) is 0 Å². The van der Waals surface area contributed by atoms with E-state index in [1.54, 1.807) is 30.3 Å². The molecule has 0 aliphatic carbocycles. The molecule has 1 heterocycles. The average molecular weight is 548 g/mol. The van der Waals surface area contributed by atoms with Gasteiger partial charge in [-0.15, -0.1) is 0 Å². The van der Waals surface area contributed by atoms with Crippen molar-refractivity contribution in [3.8, 4) is 5.75 Å². The van der Waals surface area contributed by atoms with E-state index >= 15 is 4.39 Å². The van der Waals surface area contributed by atoms with Crippen molar-refractivity contribution in [3.05, 3.63) is 106 Å². The topological polar surface area (TPSA) is 79.0 Å². The molecule has 1 aliphatic rings. The maximum absolute atomic E-state index is 15.3. The minimum atomic E-state index is -4.89. The molecule has 3 aromatic carbocycles. The van der Waals surface area contributed by atoms with E-state index in [-0.39, 0.29) is 29.1 Å². The van der Waals surface area contributed by atoms with Gasteiger partial charge in [0.25, 0.3) is 5.91 Å². The number of alkyl halides is 3. The smallest absolute Gasteiger partial charge is 0.416 e. The molecule has 4 rings (SSSR count). The van der Waals surface area contributed by atoms with Gasteiger partial charge in [0.1, 0.15) is 5.82 Å². The van der Waals surface area contributed by atoms with Crippen LogP contribution < -0.4 is 10.5 Å². The summed E-state index contributed by atoms with van der Waals surface area (Å²) in [6.07, 6.45) is -6.71. The van der Waals surface area contributed by atoms with Crippen LogP contribution in [0.5, 0.6) is 5.75 Å². The van der Waals surface area contributed by atoms with Crippen molar-refractivity contribution in [2.24, 2.45) is 5.73 Å². The highest BCUT2D eigenvalue weighted by molar-refractivity contribution is 6.21. The number of hydrogen-bond acceptors (Lipinski definition) is 5. The van der Waals surface area contributed by atoms with Crippen molar-refractivity contribution in [2.45, 2.75) is 32.0 Å². The van der Waals surface area contributed by atoms with Gasteiger partial charge >= 0.3 is 6.18 Å². The summed E-state index contributed by atoms with van der Waals surface area (Å²) in [5, 5.41) is 11.3. The first-order valence-corrected chi connectivity index (χ1v) is 11.9. The maximum Gasteiger partial charge on any atom is 0.416 e. The van der Waals surface area contributed by atoms with Crippen molar-refractivity contribution >= 4 is 11.5 Å². The molecule has 0 saturated carbocycles. The number of nitrogens with zero attached hydrogens (tertiary/aromatic N) is 2. The summed E-state index contributed by atoms with van der Waals surface area (Å²) in [5.41, 5.74) is 4.47. The number of benzene rings is 3. The first-order valence-electron chi connectivity index (χ1n) is 11.9. The van der Waals surface area contributed by atoms with E-state index in [1.807, 2.05) is 0 Å². The fraction of sp³-hybridized carbons (Fsp3) is 0.250. The molecule has 0 radical (unpaired) electrons. The third kappa shape index (κ3) is 5.45. The Balaban J connectivity index is 1.86. The number of aliphatic hydroxyl groups excluding tert-OH is 1. The molecule has 0 bridgehead atoms. The van der Waals surface area contributed by atoms with Gasteiger partial charge in [0, 0.05) is 29.4 Å². The van der Waals surface area contributed by atoms with Crippen molar-refractivity contribution in [1.82, 2.24) is 9.80 Å². The number of aliphatic hydroxyl groups is 1. The number of hydrogen-bond donors (Lipinski definition) is 2. The lowest BCUT2D eigenvalue weighted by atomic mass is 9.97. The van der Waals surface area contributed by atoms with Gasteiger partial charge in [-0.2, -0.15) is 13.2 Å². The molecule has 2 atom stereocenters. The van der Waals surface area contributed by atoms with Crippen LogP contribution in [0.1, 0.15) is 35.2 Å². The quantitative estimate of drug-likeness (QED) is 0.405. The van der Waals surface area contributed by atoms with Crippen molar-refractivity contribution in [1.29, 1.82) is 0 Å². The fourth-order valence-corrected chi connectivity index (χ4v) is 4.61. The average Bonchev–Trinajstić information content (AvgIpc) is 2.90. The molecule has 3 N–H and O–H groups in total. The number of amides is 1. The van der Waals surface area contributed by atoms with E-state index in [4.69, 9.17) is 10.5 Å². The van der Waals surface area contributed by atoms with Gasteiger partial charge in [0.2, 0.25) is 6.35 Å². The number of carbonyl (C=O) groups excluding carboxylic acids is 1. The third-order valence-electron chi connectivity index (χ3n) is 6.65. The fourth-order valence-electron chi connectivity index (χ4n) is 4.61. The largest absolute Gasteiger partial charge is 0.494 e. The predicted molar refractivity (Wildman–Crippen MR) is 134 cm³/mol. The number of halogens is 5. The van der Waals surface area contributed by atoms with Crippen LogP contribution in [0.2, 0.25) is 0 Å². The van der Waals surface area contributed by atoms with Crippen LogP contribution in [-0.4, -0.2) is 40.8 Å². The van der Waals surface area contributed by atoms with Crippen LogP contribution in [-0.2, 0) is 17.5 Å². The van der Waals surface area contributed by atoms with Crippen LogP contribution in [0.3, 0.4) is 0 Å². The van der Waals surface area contributed by atoms with Crippen LogP contribution in [0.15, 0.2) is 72.4 Å². The summed E-state index contributed by atoms with van der Waals surface area (Å²) < 4.78 is 76.4. The molecule has 3 aromatic rings. The summed E-state index contributed by atoms with van der Waals surface area (Å²) in [6.45, 7) is 0.304. The summed E-state index contributed by atoms with van der Waals surface area (Å²) >= 11 is 0. The Morgan fingerprint density at radius 3 is 2.31 bits per heavy atom. The Hall–Kier alpha value is -3.96. The SMILES string of the molecule is COc1cccc(C2=C(C)N(Cc3c(F)cccc3C(F)(F)F)C(O)N(C[C@H](N)c3ccccc3)C2=O)c1F. The molecule has 1 unspecified atom stereocenters. The molecule has 206 valence electrons. The highest BCUT2D eigenvalue weighted by atomic mass is 19.4. The summed E-state index contributed by atoms with van der Waals surface area (Å²) in [4.78, 5) is 15.7. The molecule has 1 amide bonds. The second-order valence-corrected chi connectivity index (χ2v) is 8.99. The molecular formula is C28H26F5N3O3. The minimum absolute atomic E-state index is 0.0550. The number of carbonyl (C=O) groups is 1. The van der Waals surface area contributed by atoms with Gasteiger partial charge in [-0.05, 0) is 30.7 Å². The van der Waals surface area contributed by atoms with Gasteiger partial charge in [0.05, 0.1) is 24.8 Å². The molecule has 1 aliphatic heterocycles. The molecule has 0 aromatic heterocycles. The molecular weight excluding hydrogens is 521 g/mol. The zero-order valence-corrected chi connectivity index (χ0v) is 21.0. The van der Waals surface area contributed by atoms with Gasteiger partial charge in [0.15, 0.2) is 11.6 Å². The number of nitrogens with two attached hydrogens (primary N) is 1. The van der Waals surface area contributed by atoms with Crippen LogP contribution in [0, 0.1) is 11.6 Å². The molecule has 11 heteroatoms. The molecule has 6 nitrogen and oxygen atoms in total. The lowest BCUT2D eigenvalue weighted by molar-refractivity contribution is -0.156. The van der Waals surface area contributed by atoms with Crippen LogP contribution in [0.25, 0.3) is 5.57 Å². The van der Waals surface area contributed by atoms with E-state index in [0.29, 0.717) is 5.56 Å². The zero-order chi connectivity index (χ0) is 28.5. The molecule has 0 spiro atoms.